The number of thioether (sulfide) groups is 1. The minimum Gasteiger partial charge on any atom is -0.480 e. The number of amides is 1. The Labute approximate surface area is 94.6 Å². The molecule has 0 saturated heterocycles. The second kappa shape index (κ2) is 7.37. The molecule has 0 aliphatic rings. The molecule has 0 aliphatic heterocycles. The van der Waals surface area contributed by atoms with E-state index >= 15 is 0 Å². The smallest absolute Gasteiger partial charge is 0.389 e. The maximum atomic E-state index is 11.7. The average molecular weight is 259 g/mol. The summed E-state index contributed by atoms with van der Waals surface area (Å²) < 4.78 is 35.2. The summed E-state index contributed by atoms with van der Waals surface area (Å²) in [6.45, 7) is 0. The lowest BCUT2D eigenvalue weighted by molar-refractivity contribution is -0.140. The Morgan fingerprint density at radius 2 is 2.12 bits per heavy atom. The lowest BCUT2D eigenvalue weighted by Gasteiger charge is -2.10. The monoisotopic (exact) mass is 259 g/mol. The van der Waals surface area contributed by atoms with Crippen LogP contribution in [0.1, 0.15) is 12.8 Å². The van der Waals surface area contributed by atoms with Gasteiger partial charge in [-0.15, -0.1) is 0 Å². The van der Waals surface area contributed by atoms with Crippen molar-refractivity contribution in [3.05, 3.63) is 0 Å². The number of carboxylic acid groups (broad SMARTS) is 1. The van der Waals surface area contributed by atoms with Crippen molar-refractivity contribution in [1.29, 1.82) is 0 Å². The lowest BCUT2D eigenvalue weighted by atomic mass is 10.3. The van der Waals surface area contributed by atoms with Crippen LogP contribution in [-0.4, -0.2) is 41.2 Å². The van der Waals surface area contributed by atoms with Gasteiger partial charge in [-0.2, -0.15) is 24.9 Å². The minimum absolute atomic E-state index is 0.0540. The molecular formula is C8H12F3NO3S. The third-order valence-corrected chi connectivity index (χ3v) is 2.75. The molecule has 0 rings (SSSR count). The van der Waals surface area contributed by atoms with Crippen LogP contribution in [0.5, 0.6) is 0 Å². The number of hydrogen-bond donors (Lipinski definition) is 2. The first-order chi connectivity index (χ1) is 7.37. The van der Waals surface area contributed by atoms with Crippen LogP contribution in [0, 0.1) is 0 Å². The van der Waals surface area contributed by atoms with Crippen LogP contribution in [0.4, 0.5) is 13.2 Å². The van der Waals surface area contributed by atoms with E-state index in [9.17, 15) is 22.8 Å². The van der Waals surface area contributed by atoms with Crippen molar-refractivity contribution in [3.63, 3.8) is 0 Å². The first-order valence-corrected chi connectivity index (χ1v) is 5.59. The van der Waals surface area contributed by atoms with Crippen molar-refractivity contribution < 1.29 is 27.9 Å². The second-order valence-electron chi connectivity index (χ2n) is 2.97. The van der Waals surface area contributed by atoms with Crippen LogP contribution in [0.3, 0.4) is 0 Å². The number of rotatable bonds is 8. The fraction of sp³-hybridized carbons (Fsp3) is 0.750. The quantitative estimate of drug-likeness (QED) is 0.509. The Balaban J connectivity index is 3.63. The van der Waals surface area contributed by atoms with Crippen molar-refractivity contribution in [3.8, 4) is 0 Å². The molecule has 0 heterocycles. The van der Waals surface area contributed by atoms with E-state index in [1.807, 2.05) is 0 Å². The molecule has 1 atom stereocenters. The van der Waals surface area contributed by atoms with Crippen molar-refractivity contribution in [2.24, 2.45) is 0 Å². The first-order valence-electron chi connectivity index (χ1n) is 4.44. The van der Waals surface area contributed by atoms with E-state index in [-0.39, 0.29) is 24.3 Å². The summed E-state index contributed by atoms with van der Waals surface area (Å²) >= 11 is 1.07. The Kier molecular flexibility index (Phi) is 6.95. The summed E-state index contributed by atoms with van der Waals surface area (Å²) in [7, 11) is 0. The highest BCUT2D eigenvalue weighted by Gasteiger charge is 2.26. The first kappa shape index (κ1) is 15.1. The number of aliphatic carboxylic acids is 1. The molecule has 16 heavy (non-hydrogen) atoms. The van der Waals surface area contributed by atoms with Gasteiger partial charge >= 0.3 is 12.1 Å². The highest BCUT2D eigenvalue weighted by Crippen LogP contribution is 2.22. The summed E-state index contributed by atoms with van der Waals surface area (Å²) in [6.07, 6.45) is -4.84. The fourth-order valence-corrected chi connectivity index (χ4v) is 1.84. The molecule has 8 heteroatoms. The van der Waals surface area contributed by atoms with Crippen molar-refractivity contribution in [2.45, 2.75) is 25.1 Å². The maximum Gasteiger partial charge on any atom is 0.389 e. The highest BCUT2D eigenvalue weighted by molar-refractivity contribution is 7.99. The van der Waals surface area contributed by atoms with E-state index < -0.39 is 24.6 Å². The van der Waals surface area contributed by atoms with Crippen LogP contribution < -0.4 is 5.32 Å². The van der Waals surface area contributed by atoms with Crippen LogP contribution in [0.25, 0.3) is 0 Å². The van der Waals surface area contributed by atoms with Crippen LogP contribution in [0.2, 0.25) is 0 Å². The third kappa shape index (κ3) is 8.39. The highest BCUT2D eigenvalue weighted by atomic mass is 32.2. The van der Waals surface area contributed by atoms with Gasteiger partial charge in [-0.3, -0.25) is 4.79 Å². The zero-order valence-corrected chi connectivity index (χ0v) is 9.11. The molecule has 0 aromatic carbocycles. The number of hydrogen-bond acceptors (Lipinski definition) is 3. The van der Waals surface area contributed by atoms with Crippen molar-refractivity contribution in [1.82, 2.24) is 5.32 Å². The van der Waals surface area contributed by atoms with Gasteiger partial charge in [0.1, 0.15) is 6.04 Å². The molecule has 1 unspecified atom stereocenters. The van der Waals surface area contributed by atoms with Gasteiger partial charge in [0.25, 0.3) is 0 Å². The van der Waals surface area contributed by atoms with Gasteiger partial charge in [-0.25, -0.2) is 4.79 Å². The van der Waals surface area contributed by atoms with Gasteiger partial charge in [-0.1, -0.05) is 0 Å². The van der Waals surface area contributed by atoms with E-state index in [0.717, 1.165) is 11.8 Å². The van der Waals surface area contributed by atoms with Gasteiger partial charge in [-0.05, 0) is 12.2 Å². The van der Waals surface area contributed by atoms with Crippen LogP contribution >= 0.6 is 11.8 Å². The van der Waals surface area contributed by atoms with Crippen LogP contribution in [0.15, 0.2) is 0 Å². The summed E-state index contributed by atoms with van der Waals surface area (Å²) in [4.78, 5) is 20.5. The zero-order valence-electron chi connectivity index (χ0n) is 8.29. The molecule has 0 aromatic rings. The topological polar surface area (TPSA) is 66.4 Å². The van der Waals surface area contributed by atoms with Crippen molar-refractivity contribution in [2.75, 3.05) is 11.5 Å². The molecule has 0 fully saturated rings. The summed E-state index contributed by atoms with van der Waals surface area (Å²) in [5.41, 5.74) is 0. The van der Waals surface area contributed by atoms with Gasteiger partial charge in [0.15, 0.2) is 0 Å². The number of carbonyl (C=O) groups is 2. The van der Waals surface area contributed by atoms with E-state index in [0.29, 0.717) is 0 Å². The molecule has 0 radical (unpaired) electrons. The van der Waals surface area contributed by atoms with Gasteiger partial charge in [0.2, 0.25) is 6.41 Å². The summed E-state index contributed by atoms with van der Waals surface area (Å²) in [6, 6.07) is -1.05. The number of alkyl halides is 3. The Hall–Kier alpha value is -0.920. The largest absolute Gasteiger partial charge is 0.480 e. The number of carbonyl (C=O) groups excluding carboxylic acids is 1. The Bertz CT molecular complexity index is 235. The average Bonchev–Trinajstić information content (AvgIpc) is 2.13. The third-order valence-electron chi connectivity index (χ3n) is 1.60. The Morgan fingerprint density at radius 1 is 1.50 bits per heavy atom. The molecule has 4 nitrogen and oxygen atoms in total. The second-order valence-corrected chi connectivity index (χ2v) is 4.12. The molecular weight excluding hydrogens is 247 g/mol. The molecule has 0 aliphatic carbocycles. The van der Waals surface area contributed by atoms with E-state index in [1.54, 1.807) is 0 Å². The molecule has 94 valence electrons. The SMILES string of the molecule is O=CNC(CSCCCC(F)(F)F)C(=O)O. The predicted molar refractivity (Wildman–Crippen MR) is 53.2 cm³/mol. The summed E-state index contributed by atoms with van der Waals surface area (Å²) in [5, 5.41) is 10.6. The van der Waals surface area contributed by atoms with Crippen molar-refractivity contribution >= 4 is 24.1 Å². The van der Waals surface area contributed by atoms with Gasteiger partial charge < -0.3 is 10.4 Å². The van der Waals surface area contributed by atoms with Gasteiger partial charge in [0, 0.05) is 12.2 Å². The van der Waals surface area contributed by atoms with E-state index in [4.69, 9.17) is 5.11 Å². The zero-order chi connectivity index (χ0) is 12.6. The van der Waals surface area contributed by atoms with Gasteiger partial charge in [0.05, 0.1) is 0 Å². The molecule has 0 saturated carbocycles. The summed E-state index contributed by atoms with van der Waals surface area (Å²) in [5.74, 6) is -0.925. The molecule has 0 aromatic heterocycles. The standard InChI is InChI=1S/C8H12F3NO3S/c9-8(10,11)2-1-3-16-4-6(7(14)15)12-5-13/h5-6H,1-4H2,(H,12,13)(H,14,15). The Morgan fingerprint density at radius 3 is 2.56 bits per heavy atom. The molecule has 0 spiro atoms. The van der Waals surface area contributed by atoms with Crippen LogP contribution in [-0.2, 0) is 9.59 Å². The minimum atomic E-state index is -4.17. The molecule has 1 amide bonds. The molecule has 0 bridgehead atoms. The number of nitrogens with one attached hydrogen (secondary N) is 1. The van der Waals surface area contributed by atoms with E-state index in [2.05, 4.69) is 5.32 Å². The predicted octanol–water partition coefficient (Wildman–Crippen LogP) is 1.26. The normalized spacial score (nSPS) is 13.2. The lowest BCUT2D eigenvalue weighted by Crippen LogP contribution is -2.37. The number of halogens is 3. The van der Waals surface area contributed by atoms with E-state index in [1.165, 1.54) is 0 Å². The molecule has 2 N–H and O–H groups in total. The number of carboxylic acids is 1. The maximum absolute atomic E-state index is 11.7. The fourth-order valence-electron chi connectivity index (χ4n) is 0.849.